The van der Waals surface area contributed by atoms with Gasteiger partial charge in [-0.2, -0.15) is 0 Å². The molecule has 0 radical (unpaired) electrons. The SMILES string of the molecule is COCCN1C(=O)c2ccccc2[C@@H](C(=O)Nc2nncs2)C12CCCCC2. The van der Waals surface area contributed by atoms with Crippen LogP contribution >= 0.6 is 11.3 Å². The summed E-state index contributed by atoms with van der Waals surface area (Å²) in [5.74, 6) is -0.571. The van der Waals surface area contributed by atoms with E-state index in [0.717, 1.165) is 37.7 Å². The maximum absolute atomic E-state index is 13.5. The average Bonchev–Trinajstić information content (AvgIpc) is 3.22. The molecule has 1 aliphatic heterocycles. The molecule has 8 heteroatoms. The summed E-state index contributed by atoms with van der Waals surface area (Å²) in [6.07, 6.45) is 4.75. The molecular weight excluding hydrogens is 376 g/mol. The number of anilines is 1. The minimum atomic E-state index is -0.531. The number of carbonyl (C=O) groups is 2. The Morgan fingerprint density at radius 2 is 2.11 bits per heavy atom. The van der Waals surface area contributed by atoms with Gasteiger partial charge in [0.2, 0.25) is 11.0 Å². The number of hydrogen-bond donors (Lipinski definition) is 1. The summed E-state index contributed by atoms with van der Waals surface area (Å²) < 4.78 is 5.28. The predicted molar refractivity (Wildman–Crippen MR) is 106 cm³/mol. The van der Waals surface area contributed by atoms with Crippen LogP contribution in [0.1, 0.15) is 53.9 Å². The first-order valence-corrected chi connectivity index (χ1v) is 10.5. The topological polar surface area (TPSA) is 84.4 Å². The first kappa shape index (κ1) is 19.0. The van der Waals surface area contributed by atoms with Gasteiger partial charge in [-0.3, -0.25) is 14.9 Å². The van der Waals surface area contributed by atoms with Crippen LogP contribution in [0.2, 0.25) is 0 Å². The predicted octanol–water partition coefficient (Wildman–Crippen LogP) is 3.07. The normalized spacial score (nSPS) is 20.8. The van der Waals surface area contributed by atoms with Crippen LogP contribution in [0.4, 0.5) is 5.13 Å². The number of carbonyl (C=O) groups excluding carboxylic acids is 2. The van der Waals surface area contributed by atoms with Gasteiger partial charge in [-0.25, -0.2) is 0 Å². The Morgan fingerprint density at radius 1 is 1.32 bits per heavy atom. The van der Waals surface area contributed by atoms with Crippen molar-refractivity contribution >= 4 is 28.3 Å². The summed E-state index contributed by atoms with van der Waals surface area (Å²) in [5, 5.41) is 11.2. The monoisotopic (exact) mass is 400 g/mol. The third-order valence-electron chi connectivity index (χ3n) is 5.91. The van der Waals surface area contributed by atoms with Crippen LogP contribution in [0.15, 0.2) is 29.8 Å². The number of methoxy groups -OCH3 is 1. The first-order valence-electron chi connectivity index (χ1n) is 9.64. The van der Waals surface area contributed by atoms with E-state index < -0.39 is 11.5 Å². The Bertz CT molecular complexity index is 849. The van der Waals surface area contributed by atoms with Crippen LogP contribution in [0.5, 0.6) is 0 Å². The molecule has 2 amide bonds. The lowest BCUT2D eigenvalue weighted by molar-refractivity contribution is -0.122. The van der Waals surface area contributed by atoms with Gasteiger partial charge in [0, 0.05) is 19.2 Å². The molecule has 1 saturated carbocycles. The van der Waals surface area contributed by atoms with Gasteiger partial charge in [0.15, 0.2) is 0 Å². The Kier molecular flexibility index (Phi) is 5.41. The molecule has 1 spiro atoms. The van der Waals surface area contributed by atoms with E-state index in [4.69, 9.17) is 4.74 Å². The summed E-state index contributed by atoms with van der Waals surface area (Å²) in [5.41, 5.74) is 2.48. The Labute approximate surface area is 168 Å². The van der Waals surface area contributed by atoms with Crippen molar-refractivity contribution < 1.29 is 14.3 Å². The minimum Gasteiger partial charge on any atom is -0.383 e. The quantitative estimate of drug-likeness (QED) is 0.834. The standard InChI is InChI=1S/C20H24N4O3S/c1-27-12-11-24-18(26)15-8-4-3-7-14(15)16(20(24)9-5-2-6-10-20)17(25)22-19-23-21-13-28-19/h3-4,7-8,13,16H,2,5-6,9-12H2,1H3,(H,22,23,25)/t16-/m0/s1. The van der Waals surface area contributed by atoms with Crippen molar-refractivity contribution in [1.82, 2.24) is 15.1 Å². The molecule has 1 N–H and O–H groups in total. The van der Waals surface area contributed by atoms with E-state index in [1.807, 2.05) is 29.2 Å². The lowest BCUT2D eigenvalue weighted by atomic mass is 9.65. The maximum atomic E-state index is 13.5. The number of nitrogens with one attached hydrogen (secondary N) is 1. The van der Waals surface area contributed by atoms with Crippen LogP contribution in [-0.2, 0) is 9.53 Å². The van der Waals surface area contributed by atoms with Crippen LogP contribution < -0.4 is 5.32 Å². The van der Waals surface area contributed by atoms with Crippen molar-refractivity contribution in [2.45, 2.75) is 43.6 Å². The fourth-order valence-corrected chi connectivity index (χ4v) is 5.20. The number of nitrogens with zero attached hydrogens (tertiary/aromatic N) is 3. The average molecular weight is 401 g/mol. The fraction of sp³-hybridized carbons (Fsp3) is 0.500. The molecule has 0 saturated heterocycles. The number of aromatic nitrogens is 2. The fourth-order valence-electron chi connectivity index (χ4n) is 4.76. The van der Waals surface area contributed by atoms with Crippen molar-refractivity contribution in [1.29, 1.82) is 0 Å². The van der Waals surface area contributed by atoms with E-state index in [9.17, 15) is 9.59 Å². The van der Waals surface area contributed by atoms with Gasteiger partial charge in [-0.05, 0) is 24.5 Å². The second-order valence-corrected chi connectivity index (χ2v) is 8.20. The van der Waals surface area contributed by atoms with E-state index in [-0.39, 0.29) is 11.8 Å². The number of hydrogen-bond acceptors (Lipinski definition) is 6. The molecule has 4 rings (SSSR count). The van der Waals surface area contributed by atoms with Crippen molar-refractivity contribution in [3.8, 4) is 0 Å². The highest BCUT2D eigenvalue weighted by Gasteiger charge is 2.54. The summed E-state index contributed by atoms with van der Waals surface area (Å²) >= 11 is 1.29. The van der Waals surface area contributed by atoms with E-state index in [2.05, 4.69) is 15.5 Å². The van der Waals surface area contributed by atoms with Gasteiger partial charge >= 0.3 is 0 Å². The van der Waals surface area contributed by atoms with Gasteiger partial charge in [-0.1, -0.05) is 48.8 Å². The molecule has 0 bridgehead atoms. The molecule has 28 heavy (non-hydrogen) atoms. The molecule has 1 aromatic heterocycles. The summed E-state index contributed by atoms with van der Waals surface area (Å²) in [6.45, 7) is 0.923. The highest BCUT2D eigenvalue weighted by Crippen LogP contribution is 2.49. The van der Waals surface area contributed by atoms with Gasteiger partial charge in [0.25, 0.3) is 5.91 Å². The Hall–Kier alpha value is -2.32. The number of rotatable bonds is 5. The molecule has 1 fully saturated rings. The van der Waals surface area contributed by atoms with Crippen molar-refractivity contribution in [2.75, 3.05) is 25.6 Å². The van der Waals surface area contributed by atoms with Crippen LogP contribution in [0, 0.1) is 0 Å². The molecule has 2 aromatic rings. The molecule has 7 nitrogen and oxygen atoms in total. The molecule has 1 aliphatic carbocycles. The Morgan fingerprint density at radius 3 is 2.82 bits per heavy atom. The van der Waals surface area contributed by atoms with Gasteiger partial charge in [-0.15, -0.1) is 10.2 Å². The highest BCUT2D eigenvalue weighted by molar-refractivity contribution is 7.13. The number of benzene rings is 1. The van der Waals surface area contributed by atoms with Gasteiger partial charge < -0.3 is 9.64 Å². The molecule has 2 heterocycles. The molecule has 2 aliphatic rings. The number of ether oxygens (including phenoxy) is 1. The molecule has 1 aromatic carbocycles. The van der Waals surface area contributed by atoms with Crippen molar-refractivity contribution in [3.63, 3.8) is 0 Å². The van der Waals surface area contributed by atoms with Crippen LogP contribution in [0.3, 0.4) is 0 Å². The van der Waals surface area contributed by atoms with Crippen molar-refractivity contribution in [2.24, 2.45) is 0 Å². The lowest BCUT2D eigenvalue weighted by Gasteiger charge is -2.53. The van der Waals surface area contributed by atoms with E-state index >= 15 is 0 Å². The molecule has 1 atom stereocenters. The van der Waals surface area contributed by atoms with Crippen molar-refractivity contribution in [3.05, 3.63) is 40.9 Å². The number of amides is 2. The van der Waals surface area contributed by atoms with E-state index in [0.29, 0.717) is 23.8 Å². The third-order valence-corrected chi connectivity index (χ3v) is 6.52. The molecule has 0 unspecified atom stereocenters. The highest BCUT2D eigenvalue weighted by atomic mass is 32.1. The molecular formula is C20H24N4O3S. The van der Waals surface area contributed by atoms with E-state index in [1.165, 1.54) is 11.3 Å². The zero-order chi connectivity index (χ0) is 19.6. The third kappa shape index (κ3) is 3.20. The lowest BCUT2D eigenvalue weighted by Crippen LogP contribution is -2.62. The van der Waals surface area contributed by atoms with Crippen LogP contribution in [-0.4, -0.2) is 52.7 Å². The van der Waals surface area contributed by atoms with Gasteiger partial charge in [0.05, 0.1) is 18.1 Å². The first-order chi connectivity index (χ1) is 13.7. The summed E-state index contributed by atoms with van der Waals surface area (Å²) in [6, 6.07) is 7.49. The zero-order valence-electron chi connectivity index (χ0n) is 15.9. The minimum absolute atomic E-state index is 0.00508. The maximum Gasteiger partial charge on any atom is 0.254 e. The van der Waals surface area contributed by atoms with Gasteiger partial charge in [0.1, 0.15) is 5.51 Å². The zero-order valence-corrected chi connectivity index (χ0v) is 16.7. The van der Waals surface area contributed by atoms with E-state index in [1.54, 1.807) is 12.6 Å². The second kappa shape index (κ2) is 7.97. The number of fused-ring (bicyclic) bond motifs is 1. The van der Waals surface area contributed by atoms with Crippen LogP contribution in [0.25, 0.3) is 0 Å². The smallest absolute Gasteiger partial charge is 0.254 e. The largest absolute Gasteiger partial charge is 0.383 e. The second-order valence-electron chi connectivity index (χ2n) is 7.37. The molecule has 148 valence electrons. The Balaban J connectivity index is 1.81. The summed E-state index contributed by atoms with van der Waals surface area (Å²) in [4.78, 5) is 28.8. The summed E-state index contributed by atoms with van der Waals surface area (Å²) in [7, 11) is 1.63.